The second kappa shape index (κ2) is 5.29. The molecule has 0 fully saturated rings. The number of hydrogen-bond acceptors (Lipinski definition) is 1. The number of nitrogens with one attached hydrogen (secondary N) is 2. The Morgan fingerprint density at radius 2 is 1.89 bits per heavy atom. The number of aromatic amines is 1. The Kier molecular flexibility index (Phi) is 3.34. The van der Waals surface area contributed by atoms with E-state index in [-0.39, 0.29) is 0 Å². The van der Waals surface area contributed by atoms with E-state index in [0.717, 1.165) is 13.1 Å². The minimum atomic E-state index is 0.887. The van der Waals surface area contributed by atoms with Crippen LogP contribution in [0.15, 0.2) is 54.7 Å². The first-order chi connectivity index (χ1) is 9.33. The fraction of sp³-hybridized carbons (Fsp3) is 0.176. The van der Waals surface area contributed by atoms with Gasteiger partial charge in [0.25, 0.3) is 0 Å². The van der Waals surface area contributed by atoms with Crippen LogP contribution in [0.2, 0.25) is 0 Å². The van der Waals surface area contributed by atoms with E-state index < -0.39 is 0 Å². The molecular weight excluding hydrogens is 232 g/mol. The fourth-order valence-electron chi connectivity index (χ4n) is 2.44. The number of aryl methyl sites for hydroxylation is 1. The molecule has 96 valence electrons. The average Bonchev–Trinajstić information content (AvgIpc) is 2.83. The van der Waals surface area contributed by atoms with Crippen LogP contribution in [-0.2, 0) is 13.1 Å². The lowest BCUT2D eigenvalue weighted by atomic mass is 10.1. The number of H-pyrrole nitrogens is 1. The molecule has 3 rings (SSSR count). The van der Waals surface area contributed by atoms with E-state index in [1.165, 1.54) is 27.6 Å². The van der Waals surface area contributed by atoms with Crippen LogP contribution in [0.5, 0.6) is 0 Å². The molecule has 0 aliphatic heterocycles. The van der Waals surface area contributed by atoms with E-state index >= 15 is 0 Å². The van der Waals surface area contributed by atoms with Crippen LogP contribution in [-0.4, -0.2) is 4.98 Å². The number of rotatable bonds is 4. The number of aromatic nitrogens is 1. The van der Waals surface area contributed by atoms with E-state index in [4.69, 9.17) is 0 Å². The molecule has 0 amide bonds. The third kappa shape index (κ3) is 2.69. The minimum Gasteiger partial charge on any atom is -0.361 e. The largest absolute Gasteiger partial charge is 0.361 e. The van der Waals surface area contributed by atoms with Gasteiger partial charge in [0, 0.05) is 30.2 Å². The highest BCUT2D eigenvalue weighted by Crippen LogP contribution is 2.17. The van der Waals surface area contributed by atoms with Crippen LogP contribution in [0, 0.1) is 6.92 Å². The van der Waals surface area contributed by atoms with Crippen molar-refractivity contribution in [2.24, 2.45) is 0 Å². The van der Waals surface area contributed by atoms with Crippen molar-refractivity contribution in [2.75, 3.05) is 0 Å². The van der Waals surface area contributed by atoms with E-state index in [0.29, 0.717) is 0 Å². The maximum absolute atomic E-state index is 3.50. The lowest BCUT2D eigenvalue weighted by Crippen LogP contribution is -2.12. The van der Waals surface area contributed by atoms with Gasteiger partial charge in [-0.2, -0.15) is 0 Å². The summed E-state index contributed by atoms with van der Waals surface area (Å²) >= 11 is 0. The van der Waals surface area contributed by atoms with Crippen molar-refractivity contribution in [3.63, 3.8) is 0 Å². The third-order valence-electron chi connectivity index (χ3n) is 3.40. The molecule has 0 saturated carbocycles. The van der Waals surface area contributed by atoms with Crippen LogP contribution in [0.4, 0.5) is 0 Å². The van der Waals surface area contributed by atoms with Gasteiger partial charge in [-0.1, -0.05) is 48.0 Å². The molecule has 0 aliphatic carbocycles. The van der Waals surface area contributed by atoms with E-state index in [2.05, 4.69) is 72.0 Å². The molecule has 0 aliphatic rings. The number of benzene rings is 2. The van der Waals surface area contributed by atoms with Crippen molar-refractivity contribution < 1.29 is 0 Å². The van der Waals surface area contributed by atoms with Crippen molar-refractivity contribution >= 4 is 10.9 Å². The Balaban J connectivity index is 1.66. The molecule has 0 saturated heterocycles. The van der Waals surface area contributed by atoms with Crippen molar-refractivity contribution in [1.82, 2.24) is 10.3 Å². The first kappa shape index (κ1) is 12.0. The summed E-state index contributed by atoms with van der Waals surface area (Å²) in [4.78, 5) is 3.31. The maximum atomic E-state index is 3.50. The Hall–Kier alpha value is -2.06. The Morgan fingerprint density at radius 3 is 2.79 bits per heavy atom. The molecule has 3 aromatic rings. The molecule has 2 aromatic carbocycles. The van der Waals surface area contributed by atoms with Crippen molar-refractivity contribution in [2.45, 2.75) is 20.0 Å². The zero-order valence-electron chi connectivity index (χ0n) is 11.1. The van der Waals surface area contributed by atoms with Crippen LogP contribution in [0.25, 0.3) is 10.9 Å². The predicted molar refractivity (Wildman–Crippen MR) is 80.0 cm³/mol. The summed E-state index contributed by atoms with van der Waals surface area (Å²) < 4.78 is 0. The number of fused-ring (bicyclic) bond motifs is 1. The molecule has 2 nitrogen and oxygen atoms in total. The summed E-state index contributed by atoms with van der Waals surface area (Å²) in [7, 11) is 0. The van der Waals surface area contributed by atoms with Gasteiger partial charge in [-0.15, -0.1) is 0 Å². The SMILES string of the molecule is Cc1cccc(CNCc2c[nH]c3ccccc23)c1. The van der Waals surface area contributed by atoms with Crippen LogP contribution >= 0.6 is 0 Å². The molecule has 2 heteroatoms. The fourth-order valence-corrected chi connectivity index (χ4v) is 2.44. The second-order valence-electron chi connectivity index (χ2n) is 4.95. The highest BCUT2D eigenvalue weighted by atomic mass is 14.9. The van der Waals surface area contributed by atoms with Crippen molar-refractivity contribution in [3.8, 4) is 0 Å². The van der Waals surface area contributed by atoms with Gasteiger partial charge in [0.15, 0.2) is 0 Å². The van der Waals surface area contributed by atoms with Gasteiger partial charge in [-0.25, -0.2) is 0 Å². The topological polar surface area (TPSA) is 27.8 Å². The molecule has 1 aromatic heterocycles. The molecule has 0 atom stereocenters. The molecule has 19 heavy (non-hydrogen) atoms. The molecule has 0 spiro atoms. The zero-order chi connectivity index (χ0) is 13.1. The first-order valence-corrected chi connectivity index (χ1v) is 6.64. The minimum absolute atomic E-state index is 0.887. The normalized spacial score (nSPS) is 11.0. The van der Waals surface area contributed by atoms with Crippen LogP contribution in [0.1, 0.15) is 16.7 Å². The monoisotopic (exact) mass is 250 g/mol. The van der Waals surface area contributed by atoms with Gasteiger partial charge in [0.05, 0.1) is 0 Å². The first-order valence-electron chi connectivity index (χ1n) is 6.64. The van der Waals surface area contributed by atoms with Gasteiger partial charge in [-0.05, 0) is 24.1 Å². The summed E-state index contributed by atoms with van der Waals surface area (Å²) in [6.45, 7) is 3.92. The summed E-state index contributed by atoms with van der Waals surface area (Å²) in [6, 6.07) is 17.0. The molecule has 0 bridgehead atoms. The zero-order valence-corrected chi connectivity index (χ0v) is 11.1. The number of para-hydroxylation sites is 1. The van der Waals surface area contributed by atoms with Gasteiger partial charge in [0.1, 0.15) is 0 Å². The van der Waals surface area contributed by atoms with Gasteiger partial charge >= 0.3 is 0 Å². The summed E-state index contributed by atoms with van der Waals surface area (Å²) in [5.74, 6) is 0. The predicted octanol–water partition coefficient (Wildman–Crippen LogP) is 3.77. The Bertz CT molecular complexity index is 682. The second-order valence-corrected chi connectivity index (χ2v) is 4.95. The van der Waals surface area contributed by atoms with E-state index in [1.807, 2.05) is 0 Å². The molecule has 1 heterocycles. The van der Waals surface area contributed by atoms with Crippen LogP contribution < -0.4 is 5.32 Å². The molecule has 0 unspecified atom stereocenters. The third-order valence-corrected chi connectivity index (χ3v) is 3.40. The highest BCUT2D eigenvalue weighted by Gasteiger charge is 2.02. The molecular formula is C17H18N2. The summed E-state index contributed by atoms with van der Waals surface area (Å²) in [6.07, 6.45) is 2.09. The number of hydrogen-bond donors (Lipinski definition) is 2. The highest BCUT2D eigenvalue weighted by molar-refractivity contribution is 5.82. The van der Waals surface area contributed by atoms with E-state index in [1.54, 1.807) is 0 Å². The maximum Gasteiger partial charge on any atom is 0.0457 e. The summed E-state index contributed by atoms with van der Waals surface area (Å²) in [5.41, 5.74) is 5.17. The molecule has 0 radical (unpaired) electrons. The smallest absolute Gasteiger partial charge is 0.0457 e. The standard InChI is InChI=1S/C17H18N2/c1-13-5-4-6-14(9-13)10-18-11-15-12-19-17-8-3-2-7-16(15)17/h2-9,12,18-19H,10-11H2,1H3. The Morgan fingerprint density at radius 1 is 1.00 bits per heavy atom. The lowest BCUT2D eigenvalue weighted by Gasteiger charge is -2.05. The van der Waals surface area contributed by atoms with Gasteiger partial charge in [-0.3, -0.25) is 0 Å². The quantitative estimate of drug-likeness (QED) is 0.725. The Labute approximate surface area is 113 Å². The molecule has 2 N–H and O–H groups in total. The van der Waals surface area contributed by atoms with Crippen molar-refractivity contribution in [3.05, 3.63) is 71.4 Å². The van der Waals surface area contributed by atoms with Gasteiger partial charge < -0.3 is 10.3 Å². The lowest BCUT2D eigenvalue weighted by molar-refractivity contribution is 0.696. The van der Waals surface area contributed by atoms with Gasteiger partial charge in [0.2, 0.25) is 0 Å². The average molecular weight is 250 g/mol. The van der Waals surface area contributed by atoms with Crippen LogP contribution in [0.3, 0.4) is 0 Å². The van der Waals surface area contributed by atoms with E-state index in [9.17, 15) is 0 Å². The van der Waals surface area contributed by atoms with Crippen molar-refractivity contribution in [1.29, 1.82) is 0 Å². The summed E-state index contributed by atoms with van der Waals surface area (Å²) in [5, 5.41) is 4.81.